The average molecular weight is 362 g/mol. The number of aromatic nitrogens is 1. The lowest BCUT2D eigenvalue weighted by molar-refractivity contribution is 0.0991. The van der Waals surface area contributed by atoms with E-state index in [0.717, 1.165) is 58.0 Å². The summed E-state index contributed by atoms with van der Waals surface area (Å²) < 4.78 is 2.34. The summed E-state index contributed by atoms with van der Waals surface area (Å²) in [4.78, 5) is 26.5. The van der Waals surface area contributed by atoms with E-state index in [9.17, 15) is 9.59 Å². The zero-order valence-corrected chi connectivity index (χ0v) is 16.5. The quantitative estimate of drug-likeness (QED) is 0.629. The second-order valence-electron chi connectivity index (χ2n) is 7.92. The molecule has 0 fully saturated rings. The normalized spacial score (nSPS) is 14.1. The molecule has 0 bridgehead atoms. The minimum absolute atomic E-state index is 0.0704. The summed E-state index contributed by atoms with van der Waals surface area (Å²) in [5, 5.41) is 2.25. The molecular weight excluding hydrogens is 336 g/mol. The Morgan fingerprint density at radius 1 is 1.15 bits per heavy atom. The van der Waals surface area contributed by atoms with Gasteiger partial charge in [0.1, 0.15) is 0 Å². The molecule has 4 heteroatoms. The van der Waals surface area contributed by atoms with E-state index in [-0.39, 0.29) is 11.6 Å². The van der Waals surface area contributed by atoms with Crippen LogP contribution in [0.15, 0.2) is 30.3 Å². The van der Waals surface area contributed by atoms with Gasteiger partial charge in [-0.2, -0.15) is 0 Å². The lowest BCUT2D eigenvalue weighted by Gasteiger charge is -2.21. The number of fused-ring (bicyclic) bond motifs is 5. The predicted octanol–water partition coefficient (Wildman–Crippen LogP) is 4.47. The highest BCUT2D eigenvalue weighted by molar-refractivity contribution is 6.16. The molecule has 2 aromatic carbocycles. The van der Waals surface area contributed by atoms with Crippen LogP contribution in [0.1, 0.15) is 53.5 Å². The number of rotatable bonds is 5. The SMILES string of the molecule is CC(=O)c1ccc2c(c1)c1c3c(ccc1n2CCN(C)C(C)C)C(=O)CC3. The fourth-order valence-electron chi connectivity index (χ4n) is 4.13. The van der Waals surface area contributed by atoms with Crippen LogP contribution in [-0.2, 0) is 13.0 Å². The first-order valence-corrected chi connectivity index (χ1v) is 9.70. The molecule has 0 saturated carbocycles. The Balaban J connectivity index is 1.96. The van der Waals surface area contributed by atoms with Crippen LogP contribution in [0.3, 0.4) is 0 Å². The summed E-state index contributed by atoms with van der Waals surface area (Å²) in [5.74, 6) is 0.302. The zero-order chi connectivity index (χ0) is 19.3. The third kappa shape index (κ3) is 2.88. The molecule has 27 heavy (non-hydrogen) atoms. The molecule has 1 aliphatic carbocycles. The fraction of sp³-hybridized carbons (Fsp3) is 0.391. The van der Waals surface area contributed by atoms with E-state index in [2.05, 4.69) is 42.5 Å². The van der Waals surface area contributed by atoms with Crippen LogP contribution in [0, 0.1) is 0 Å². The number of aryl methyl sites for hydroxylation is 1. The summed E-state index contributed by atoms with van der Waals surface area (Å²) in [7, 11) is 2.14. The summed E-state index contributed by atoms with van der Waals surface area (Å²) in [6, 6.07) is 10.5. The second kappa shape index (κ2) is 6.61. The van der Waals surface area contributed by atoms with Gasteiger partial charge in [-0.25, -0.2) is 0 Å². The van der Waals surface area contributed by atoms with Crippen molar-refractivity contribution in [2.24, 2.45) is 0 Å². The van der Waals surface area contributed by atoms with Crippen molar-refractivity contribution in [2.75, 3.05) is 13.6 Å². The molecule has 0 radical (unpaired) electrons. The molecule has 3 aromatic rings. The van der Waals surface area contributed by atoms with Gasteiger partial charge in [0.25, 0.3) is 0 Å². The molecule has 1 aromatic heterocycles. The van der Waals surface area contributed by atoms with Crippen molar-refractivity contribution in [1.29, 1.82) is 0 Å². The summed E-state index contributed by atoms with van der Waals surface area (Å²) in [6.07, 6.45) is 1.38. The van der Waals surface area contributed by atoms with Gasteiger partial charge in [0, 0.05) is 58.5 Å². The number of Topliss-reactive ketones (excluding diaryl/α,β-unsaturated/α-hetero) is 2. The first-order valence-electron chi connectivity index (χ1n) is 9.70. The molecule has 4 rings (SSSR count). The van der Waals surface area contributed by atoms with Gasteiger partial charge >= 0.3 is 0 Å². The standard InChI is InChI=1S/C23H26N2O2/c1-14(2)24(4)11-12-25-20-8-5-16(15(3)26)13-19(20)23-18-7-10-22(27)17(18)6-9-21(23)25/h5-6,8-9,13-14H,7,10-12H2,1-4H3. The second-order valence-corrected chi connectivity index (χ2v) is 7.92. The number of benzene rings is 2. The number of nitrogens with zero attached hydrogens (tertiary/aromatic N) is 2. The summed E-state index contributed by atoms with van der Waals surface area (Å²) in [5.41, 5.74) is 5.03. The smallest absolute Gasteiger partial charge is 0.163 e. The van der Waals surface area contributed by atoms with Crippen LogP contribution in [0.4, 0.5) is 0 Å². The van der Waals surface area contributed by atoms with Gasteiger partial charge in [-0.1, -0.05) is 0 Å². The number of likely N-dealkylation sites (N-methyl/N-ethyl adjacent to an activating group) is 1. The van der Waals surface area contributed by atoms with E-state index in [1.807, 2.05) is 18.2 Å². The molecule has 0 atom stereocenters. The van der Waals surface area contributed by atoms with Crippen LogP contribution < -0.4 is 0 Å². The molecule has 140 valence electrons. The number of hydrogen-bond acceptors (Lipinski definition) is 3. The monoisotopic (exact) mass is 362 g/mol. The maximum absolute atomic E-state index is 12.2. The number of hydrogen-bond donors (Lipinski definition) is 0. The highest BCUT2D eigenvalue weighted by Crippen LogP contribution is 2.37. The summed E-state index contributed by atoms with van der Waals surface area (Å²) in [6.45, 7) is 7.82. The molecular formula is C23H26N2O2. The Morgan fingerprint density at radius 2 is 1.89 bits per heavy atom. The first kappa shape index (κ1) is 17.9. The van der Waals surface area contributed by atoms with Crippen LogP contribution >= 0.6 is 0 Å². The lowest BCUT2D eigenvalue weighted by atomic mass is 10.0. The third-order valence-electron chi connectivity index (χ3n) is 6.01. The van der Waals surface area contributed by atoms with E-state index in [1.54, 1.807) is 6.92 Å². The maximum atomic E-state index is 12.2. The van der Waals surface area contributed by atoms with Crippen molar-refractivity contribution >= 4 is 33.4 Å². The molecule has 0 spiro atoms. The van der Waals surface area contributed by atoms with Gasteiger partial charge in [0.2, 0.25) is 0 Å². The molecule has 0 aliphatic heterocycles. The van der Waals surface area contributed by atoms with E-state index in [0.29, 0.717) is 12.5 Å². The molecule has 0 unspecified atom stereocenters. The van der Waals surface area contributed by atoms with Crippen molar-refractivity contribution in [3.63, 3.8) is 0 Å². The molecule has 1 heterocycles. The Labute approximate surface area is 159 Å². The van der Waals surface area contributed by atoms with Crippen molar-refractivity contribution < 1.29 is 9.59 Å². The molecule has 0 N–H and O–H groups in total. The Morgan fingerprint density at radius 3 is 2.59 bits per heavy atom. The number of carbonyl (C=O) groups excluding carboxylic acids is 2. The predicted molar refractivity (Wildman–Crippen MR) is 110 cm³/mol. The van der Waals surface area contributed by atoms with Gasteiger partial charge in [-0.3, -0.25) is 9.59 Å². The van der Waals surface area contributed by atoms with Gasteiger partial charge in [-0.15, -0.1) is 0 Å². The number of ketones is 2. The molecule has 1 aliphatic rings. The topological polar surface area (TPSA) is 42.3 Å². The van der Waals surface area contributed by atoms with Gasteiger partial charge in [0.15, 0.2) is 11.6 Å². The number of carbonyl (C=O) groups is 2. The van der Waals surface area contributed by atoms with E-state index in [1.165, 1.54) is 0 Å². The molecule has 0 saturated heterocycles. The third-order valence-corrected chi connectivity index (χ3v) is 6.01. The minimum Gasteiger partial charge on any atom is -0.339 e. The molecule has 4 nitrogen and oxygen atoms in total. The lowest BCUT2D eigenvalue weighted by Crippen LogP contribution is -2.29. The van der Waals surface area contributed by atoms with Crippen LogP contribution in [-0.4, -0.2) is 40.7 Å². The highest BCUT2D eigenvalue weighted by Gasteiger charge is 2.25. The van der Waals surface area contributed by atoms with Crippen molar-refractivity contribution in [2.45, 2.75) is 46.2 Å². The minimum atomic E-state index is 0.0704. The highest BCUT2D eigenvalue weighted by atomic mass is 16.1. The largest absolute Gasteiger partial charge is 0.339 e. The summed E-state index contributed by atoms with van der Waals surface area (Å²) >= 11 is 0. The van der Waals surface area contributed by atoms with Crippen LogP contribution in [0.5, 0.6) is 0 Å². The Bertz CT molecular complexity index is 1080. The average Bonchev–Trinajstić information content (AvgIpc) is 3.17. The fourth-order valence-corrected chi connectivity index (χ4v) is 4.13. The van der Waals surface area contributed by atoms with Crippen LogP contribution in [0.2, 0.25) is 0 Å². The first-order chi connectivity index (χ1) is 12.9. The van der Waals surface area contributed by atoms with Gasteiger partial charge < -0.3 is 9.47 Å². The molecule has 0 amide bonds. The van der Waals surface area contributed by atoms with Gasteiger partial charge in [0.05, 0.1) is 0 Å². The van der Waals surface area contributed by atoms with Crippen LogP contribution in [0.25, 0.3) is 21.8 Å². The van der Waals surface area contributed by atoms with Crippen molar-refractivity contribution in [3.05, 3.63) is 47.0 Å². The maximum Gasteiger partial charge on any atom is 0.163 e. The van der Waals surface area contributed by atoms with Gasteiger partial charge in [-0.05, 0) is 70.1 Å². The van der Waals surface area contributed by atoms with E-state index >= 15 is 0 Å². The Hall–Kier alpha value is -2.46. The Kier molecular flexibility index (Phi) is 4.39. The van der Waals surface area contributed by atoms with Crippen molar-refractivity contribution in [1.82, 2.24) is 9.47 Å². The van der Waals surface area contributed by atoms with E-state index in [4.69, 9.17) is 0 Å². The van der Waals surface area contributed by atoms with Crippen molar-refractivity contribution in [3.8, 4) is 0 Å². The van der Waals surface area contributed by atoms with E-state index < -0.39 is 0 Å². The zero-order valence-electron chi connectivity index (χ0n) is 16.5.